The smallest absolute Gasteiger partial charge is 0.319 e. The van der Waals surface area contributed by atoms with Gasteiger partial charge < -0.3 is 15.4 Å². The summed E-state index contributed by atoms with van der Waals surface area (Å²) in [4.78, 5) is 37.7. The van der Waals surface area contributed by atoms with E-state index in [1.807, 2.05) is 31.2 Å². The van der Waals surface area contributed by atoms with Crippen LogP contribution >= 0.6 is 11.8 Å². The summed E-state index contributed by atoms with van der Waals surface area (Å²) in [5, 5.41) is 15.3. The molecule has 0 aliphatic carbocycles. The van der Waals surface area contributed by atoms with Crippen LogP contribution in [0.3, 0.4) is 0 Å². The van der Waals surface area contributed by atoms with Gasteiger partial charge in [-0.3, -0.25) is 14.4 Å². The molecule has 1 aliphatic heterocycles. The fraction of sp³-hybridized carbons (Fsp3) is 0.250. The van der Waals surface area contributed by atoms with E-state index in [2.05, 4.69) is 10.6 Å². The third-order valence-corrected chi connectivity index (χ3v) is 6.26. The zero-order chi connectivity index (χ0) is 24.0. The van der Waals surface area contributed by atoms with Crippen molar-refractivity contribution >= 4 is 35.2 Å². The van der Waals surface area contributed by atoms with Crippen molar-refractivity contribution in [2.75, 3.05) is 18.2 Å². The predicted octanol–water partition coefficient (Wildman–Crippen LogP) is 3.50. The quantitative estimate of drug-likeness (QED) is 0.477. The van der Waals surface area contributed by atoms with Gasteiger partial charge in [-0.05, 0) is 29.7 Å². The Hall–Kier alpha value is -3.64. The number of ether oxygens (including phenoxy) is 1. The summed E-state index contributed by atoms with van der Waals surface area (Å²) in [5.41, 5.74) is 1.67. The van der Waals surface area contributed by atoms with E-state index in [0.717, 1.165) is 30.9 Å². The fourth-order valence-corrected chi connectivity index (χ4v) is 4.51. The second-order valence-corrected chi connectivity index (χ2v) is 8.18. The molecular formula is C24H22FN3O4S. The molecule has 3 rings (SSSR count). The van der Waals surface area contributed by atoms with E-state index in [1.165, 1.54) is 18.2 Å². The number of esters is 1. The Balaban J connectivity index is 1.90. The number of methoxy groups -OCH3 is 1. The number of allylic oxidation sites excluding steroid dienone is 1. The lowest BCUT2D eigenvalue weighted by Crippen LogP contribution is -2.44. The number of nitrogens with one attached hydrogen (secondary N) is 2. The first-order valence-electron chi connectivity index (χ1n) is 10.2. The maximum atomic E-state index is 14.6. The van der Waals surface area contributed by atoms with Crippen molar-refractivity contribution in [2.45, 2.75) is 19.3 Å². The van der Waals surface area contributed by atoms with Crippen LogP contribution < -0.4 is 10.6 Å². The monoisotopic (exact) mass is 467 g/mol. The van der Waals surface area contributed by atoms with Crippen molar-refractivity contribution in [3.05, 3.63) is 76.1 Å². The molecule has 33 heavy (non-hydrogen) atoms. The molecule has 0 spiro atoms. The minimum Gasteiger partial charge on any atom is -0.468 e. The SMILES string of the molecule is CCc1ccccc1NC(=O)CSC1=C(C#N)[C@H](c2ccccc2F)[C@@H](C(=O)OC)C(=O)N1. The number of aryl methyl sites for hydroxylation is 1. The Morgan fingerprint density at radius 2 is 1.91 bits per heavy atom. The number of rotatable bonds is 7. The van der Waals surface area contributed by atoms with E-state index < -0.39 is 29.5 Å². The Kier molecular flexibility index (Phi) is 7.85. The highest BCUT2D eigenvalue weighted by Crippen LogP contribution is 2.41. The molecule has 2 atom stereocenters. The number of halogens is 1. The summed E-state index contributed by atoms with van der Waals surface area (Å²) in [6, 6.07) is 15.0. The maximum absolute atomic E-state index is 14.6. The summed E-state index contributed by atoms with van der Waals surface area (Å²) in [7, 11) is 1.12. The standard InChI is InChI=1S/C24H22FN3O4S/c1-3-14-8-4-7-11-18(14)27-19(29)13-33-23-16(12-26)20(15-9-5-6-10-17(15)25)21(22(30)28-23)24(31)32-2/h4-11,20-21H,3,13H2,1-2H3,(H,27,29)(H,28,30)/t20-,21+/m0/s1. The summed E-state index contributed by atoms with van der Waals surface area (Å²) in [5.74, 6) is -5.32. The average Bonchev–Trinajstić information content (AvgIpc) is 2.82. The zero-order valence-electron chi connectivity index (χ0n) is 18.1. The summed E-state index contributed by atoms with van der Waals surface area (Å²) >= 11 is 0.939. The van der Waals surface area contributed by atoms with Crippen LogP contribution in [0, 0.1) is 23.1 Å². The number of hydrogen-bond donors (Lipinski definition) is 2. The van der Waals surface area contributed by atoms with Crippen LogP contribution in [0.25, 0.3) is 0 Å². The largest absolute Gasteiger partial charge is 0.468 e. The first kappa shape index (κ1) is 24.0. The van der Waals surface area contributed by atoms with Gasteiger partial charge in [0.25, 0.3) is 0 Å². The Morgan fingerprint density at radius 3 is 2.58 bits per heavy atom. The van der Waals surface area contributed by atoms with Crippen molar-refractivity contribution in [2.24, 2.45) is 5.92 Å². The summed E-state index contributed by atoms with van der Waals surface area (Å²) < 4.78 is 19.4. The Morgan fingerprint density at radius 1 is 1.21 bits per heavy atom. The van der Waals surface area contributed by atoms with Crippen molar-refractivity contribution < 1.29 is 23.5 Å². The molecule has 1 aliphatic rings. The third kappa shape index (κ3) is 5.23. The highest BCUT2D eigenvalue weighted by Gasteiger charge is 2.45. The number of thioether (sulfide) groups is 1. The number of carbonyl (C=O) groups excluding carboxylic acids is 3. The van der Waals surface area contributed by atoms with E-state index >= 15 is 0 Å². The molecule has 0 unspecified atom stereocenters. The first-order valence-corrected chi connectivity index (χ1v) is 11.2. The van der Waals surface area contributed by atoms with Gasteiger partial charge in [-0.1, -0.05) is 55.1 Å². The molecule has 170 valence electrons. The van der Waals surface area contributed by atoms with Gasteiger partial charge in [0.05, 0.1) is 29.5 Å². The summed E-state index contributed by atoms with van der Waals surface area (Å²) in [6.07, 6.45) is 0.739. The van der Waals surface area contributed by atoms with E-state index in [0.29, 0.717) is 5.69 Å². The van der Waals surface area contributed by atoms with Crippen LogP contribution in [0.1, 0.15) is 24.0 Å². The van der Waals surface area contributed by atoms with E-state index in [4.69, 9.17) is 4.74 Å². The topological polar surface area (TPSA) is 108 Å². The van der Waals surface area contributed by atoms with Crippen LogP contribution in [-0.4, -0.2) is 30.6 Å². The molecule has 0 radical (unpaired) electrons. The maximum Gasteiger partial charge on any atom is 0.319 e. The minimum absolute atomic E-state index is 0.0122. The number of benzene rings is 2. The number of carbonyl (C=O) groups is 3. The normalized spacial score (nSPS) is 17.7. The summed E-state index contributed by atoms with van der Waals surface area (Å²) in [6.45, 7) is 1.97. The van der Waals surface area contributed by atoms with Crippen molar-refractivity contribution in [3.63, 3.8) is 0 Å². The molecule has 9 heteroatoms. The lowest BCUT2D eigenvalue weighted by molar-refractivity contribution is -0.150. The van der Waals surface area contributed by atoms with Gasteiger partial charge in [0.15, 0.2) is 0 Å². The average molecular weight is 468 g/mol. The molecule has 2 aromatic carbocycles. The molecule has 0 saturated carbocycles. The molecule has 7 nitrogen and oxygen atoms in total. The third-order valence-electron chi connectivity index (χ3n) is 5.24. The van der Waals surface area contributed by atoms with Crippen LogP contribution in [0.2, 0.25) is 0 Å². The van der Waals surface area contributed by atoms with Gasteiger partial charge in [-0.15, -0.1) is 0 Å². The van der Waals surface area contributed by atoms with Gasteiger partial charge in [-0.25, -0.2) is 4.39 Å². The number of nitrogens with zero attached hydrogens (tertiary/aromatic N) is 1. The zero-order valence-corrected chi connectivity index (χ0v) is 18.9. The van der Waals surface area contributed by atoms with Crippen LogP contribution in [0.4, 0.5) is 10.1 Å². The van der Waals surface area contributed by atoms with E-state index in [1.54, 1.807) is 12.1 Å². The van der Waals surface area contributed by atoms with Crippen molar-refractivity contribution in [3.8, 4) is 6.07 Å². The highest BCUT2D eigenvalue weighted by atomic mass is 32.2. The van der Waals surface area contributed by atoms with Gasteiger partial charge in [0.2, 0.25) is 11.8 Å². The van der Waals surface area contributed by atoms with Gasteiger partial charge in [0, 0.05) is 11.6 Å². The van der Waals surface area contributed by atoms with Crippen LogP contribution in [-0.2, 0) is 25.5 Å². The lowest BCUT2D eigenvalue weighted by Gasteiger charge is -2.31. The second kappa shape index (κ2) is 10.8. The fourth-order valence-electron chi connectivity index (χ4n) is 3.66. The number of hydrogen-bond acceptors (Lipinski definition) is 6. The molecular weight excluding hydrogens is 445 g/mol. The minimum atomic E-state index is -1.43. The number of para-hydroxylation sites is 1. The molecule has 0 aromatic heterocycles. The lowest BCUT2D eigenvalue weighted by atomic mass is 9.78. The molecule has 0 saturated heterocycles. The van der Waals surface area contributed by atoms with Crippen molar-refractivity contribution in [1.82, 2.24) is 5.32 Å². The molecule has 2 N–H and O–H groups in total. The Bertz CT molecular complexity index is 1160. The predicted molar refractivity (Wildman–Crippen MR) is 122 cm³/mol. The van der Waals surface area contributed by atoms with Crippen LogP contribution in [0.5, 0.6) is 0 Å². The molecule has 1 heterocycles. The second-order valence-electron chi connectivity index (χ2n) is 7.19. The van der Waals surface area contributed by atoms with Gasteiger partial charge in [-0.2, -0.15) is 5.26 Å². The van der Waals surface area contributed by atoms with E-state index in [-0.39, 0.29) is 27.8 Å². The molecule has 2 amide bonds. The van der Waals surface area contributed by atoms with Crippen molar-refractivity contribution in [1.29, 1.82) is 5.26 Å². The first-order chi connectivity index (χ1) is 15.9. The molecule has 0 fully saturated rings. The molecule has 0 bridgehead atoms. The Labute approximate surface area is 195 Å². The number of amides is 2. The molecule has 2 aromatic rings. The van der Waals surface area contributed by atoms with Gasteiger partial charge >= 0.3 is 5.97 Å². The van der Waals surface area contributed by atoms with E-state index in [9.17, 15) is 24.0 Å². The van der Waals surface area contributed by atoms with Gasteiger partial charge in [0.1, 0.15) is 11.7 Å². The highest BCUT2D eigenvalue weighted by molar-refractivity contribution is 8.03. The number of nitriles is 1. The number of anilines is 1. The van der Waals surface area contributed by atoms with Crippen LogP contribution in [0.15, 0.2) is 59.1 Å².